The molecule has 3 aromatic carbocycles. The van der Waals surface area contributed by atoms with Gasteiger partial charge in [-0.2, -0.15) is 0 Å². The Hall–Kier alpha value is -3.33. The summed E-state index contributed by atoms with van der Waals surface area (Å²) < 4.78 is 0. The summed E-state index contributed by atoms with van der Waals surface area (Å²) in [7, 11) is 0. The summed E-state index contributed by atoms with van der Waals surface area (Å²) in [6.45, 7) is 0. The predicted molar refractivity (Wildman–Crippen MR) is 96.6 cm³/mol. The van der Waals surface area contributed by atoms with E-state index >= 15 is 0 Å². The van der Waals surface area contributed by atoms with Crippen LogP contribution in [0.5, 0.6) is 5.75 Å². The molecule has 0 spiro atoms. The number of phenols is 1. The number of hydrogen-bond acceptors (Lipinski definition) is 2. The second-order valence-corrected chi connectivity index (χ2v) is 5.56. The lowest BCUT2D eigenvalue weighted by Gasteiger charge is -2.02. The summed E-state index contributed by atoms with van der Waals surface area (Å²) in [4.78, 5) is 8.15. The molecule has 0 atom stereocenters. The van der Waals surface area contributed by atoms with Crippen molar-refractivity contribution < 1.29 is 5.11 Å². The zero-order valence-corrected chi connectivity index (χ0v) is 13.0. The molecule has 0 unspecified atom stereocenters. The van der Waals surface area contributed by atoms with E-state index in [0.717, 1.165) is 22.5 Å². The number of H-pyrrole nitrogens is 1. The average molecular weight is 312 g/mol. The highest BCUT2D eigenvalue weighted by molar-refractivity contribution is 5.82. The smallest absolute Gasteiger partial charge is 0.142 e. The molecule has 116 valence electrons. The first-order valence-electron chi connectivity index (χ1n) is 7.82. The van der Waals surface area contributed by atoms with Gasteiger partial charge in [0.2, 0.25) is 0 Å². The van der Waals surface area contributed by atoms with Crippen molar-refractivity contribution in [1.29, 1.82) is 0 Å². The summed E-state index contributed by atoms with van der Waals surface area (Å²) in [6.07, 6.45) is 0. The van der Waals surface area contributed by atoms with E-state index < -0.39 is 0 Å². The number of aromatic amines is 1. The van der Waals surface area contributed by atoms with Crippen molar-refractivity contribution in [2.45, 2.75) is 0 Å². The maximum atomic E-state index is 10.1. The van der Waals surface area contributed by atoms with Crippen molar-refractivity contribution >= 4 is 0 Å². The molecule has 0 fully saturated rings. The van der Waals surface area contributed by atoms with Crippen molar-refractivity contribution in [3.63, 3.8) is 0 Å². The maximum absolute atomic E-state index is 10.1. The fourth-order valence-corrected chi connectivity index (χ4v) is 2.79. The first-order chi connectivity index (χ1) is 11.8. The maximum Gasteiger partial charge on any atom is 0.142 e. The third-order valence-corrected chi connectivity index (χ3v) is 3.97. The third kappa shape index (κ3) is 2.57. The number of para-hydroxylation sites is 1. The van der Waals surface area contributed by atoms with Gasteiger partial charge in [0.25, 0.3) is 0 Å². The van der Waals surface area contributed by atoms with Gasteiger partial charge in [-0.3, -0.25) is 0 Å². The molecule has 0 aliphatic carbocycles. The van der Waals surface area contributed by atoms with Gasteiger partial charge in [-0.1, -0.05) is 72.8 Å². The van der Waals surface area contributed by atoms with E-state index in [9.17, 15) is 5.11 Å². The molecule has 4 aromatic rings. The number of rotatable bonds is 3. The molecular weight excluding hydrogens is 296 g/mol. The normalized spacial score (nSPS) is 10.7. The molecule has 0 radical (unpaired) electrons. The first kappa shape index (κ1) is 14.3. The van der Waals surface area contributed by atoms with Crippen LogP contribution in [-0.4, -0.2) is 15.1 Å². The minimum absolute atomic E-state index is 0.213. The molecule has 0 saturated carbocycles. The molecule has 1 heterocycles. The molecule has 2 N–H and O–H groups in total. The molecule has 0 aliphatic heterocycles. The monoisotopic (exact) mass is 312 g/mol. The van der Waals surface area contributed by atoms with Crippen LogP contribution >= 0.6 is 0 Å². The van der Waals surface area contributed by atoms with Crippen LogP contribution in [-0.2, 0) is 0 Å². The third-order valence-electron chi connectivity index (χ3n) is 3.97. The molecule has 0 saturated heterocycles. The number of aromatic hydroxyl groups is 1. The van der Waals surface area contributed by atoms with Crippen LogP contribution in [0.2, 0.25) is 0 Å². The van der Waals surface area contributed by atoms with Crippen LogP contribution in [0.25, 0.3) is 33.9 Å². The van der Waals surface area contributed by atoms with Gasteiger partial charge >= 0.3 is 0 Å². The highest BCUT2D eigenvalue weighted by Crippen LogP contribution is 2.35. The number of benzene rings is 3. The summed E-state index contributed by atoms with van der Waals surface area (Å²) in [5.74, 6) is 0.872. The van der Waals surface area contributed by atoms with Crippen LogP contribution < -0.4 is 0 Å². The van der Waals surface area contributed by atoms with Crippen molar-refractivity contribution in [1.82, 2.24) is 9.97 Å². The van der Waals surface area contributed by atoms with Crippen molar-refractivity contribution in [3.05, 3.63) is 84.9 Å². The molecule has 3 nitrogen and oxygen atoms in total. The number of hydrogen-bond donors (Lipinski definition) is 2. The Morgan fingerprint density at radius 2 is 1.25 bits per heavy atom. The van der Waals surface area contributed by atoms with E-state index in [2.05, 4.69) is 17.1 Å². The molecule has 0 aliphatic rings. The van der Waals surface area contributed by atoms with Crippen molar-refractivity contribution in [3.8, 4) is 39.7 Å². The average Bonchev–Trinajstić information content (AvgIpc) is 3.09. The molecule has 0 bridgehead atoms. The Kier molecular flexibility index (Phi) is 3.60. The van der Waals surface area contributed by atoms with Crippen LogP contribution in [0.3, 0.4) is 0 Å². The van der Waals surface area contributed by atoms with Crippen LogP contribution in [0.1, 0.15) is 0 Å². The number of phenolic OH excluding ortho intramolecular Hbond substituents is 1. The Morgan fingerprint density at radius 1 is 0.667 bits per heavy atom. The van der Waals surface area contributed by atoms with E-state index in [1.165, 1.54) is 0 Å². The number of aromatic nitrogens is 2. The Morgan fingerprint density at radius 3 is 1.92 bits per heavy atom. The van der Waals surface area contributed by atoms with Gasteiger partial charge in [-0.25, -0.2) is 4.98 Å². The molecular formula is C21H16N2O. The minimum Gasteiger partial charge on any atom is -0.507 e. The van der Waals surface area contributed by atoms with Crippen LogP contribution in [0.15, 0.2) is 84.9 Å². The SMILES string of the molecule is Oc1ccccc1-c1nc(-c2ccccc2)c(-c2ccccc2)[nH]1. The van der Waals surface area contributed by atoms with Gasteiger partial charge in [0.15, 0.2) is 0 Å². The van der Waals surface area contributed by atoms with Gasteiger partial charge in [-0.15, -0.1) is 0 Å². The van der Waals surface area contributed by atoms with E-state index in [-0.39, 0.29) is 5.75 Å². The lowest BCUT2D eigenvalue weighted by atomic mass is 10.1. The van der Waals surface area contributed by atoms with Crippen LogP contribution in [0.4, 0.5) is 0 Å². The minimum atomic E-state index is 0.213. The standard InChI is InChI=1S/C21H16N2O/c24-18-14-8-7-13-17(18)21-22-19(15-9-3-1-4-10-15)20(23-21)16-11-5-2-6-12-16/h1-14,24H,(H,22,23). The first-order valence-corrected chi connectivity index (χ1v) is 7.82. The Bertz CT molecular complexity index is 903. The highest BCUT2D eigenvalue weighted by Gasteiger charge is 2.16. The van der Waals surface area contributed by atoms with E-state index in [0.29, 0.717) is 11.4 Å². The van der Waals surface area contributed by atoms with Gasteiger partial charge in [0.1, 0.15) is 11.6 Å². The molecule has 3 heteroatoms. The fraction of sp³-hybridized carbons (Fsp3) is 0. The fourth-order valence-electron chi connectivity index (χ4n) is 2.79. The van der Waals surface area contributed by atoms with E-state index in [1.807, 2.05) is 60.7 Å². The largest absolute Gasteiger partial charge is 0.507 e. The van der Waals surface area contributed by atoms with E-state index in [4.69, 9.17) is 4.98 Å². The molecule has 24 heavy (non-hydrogen) atoms. The van der Waals surface area contributed by atoms with Gasteiger partial charge in [-0.05, 0) is 12.1 Å². The van der Waals surface area contributed by atoms with Gasteiger partial charge in [0, 0.05) is 11.1 Å². The summed E-state index contributed by atoms with van der Waals surface area (Å²) in [5, 5.41) is 10.1. The number of imidazole rings is 1. The van der Waals surface area contributed by atoms with Gasteiger partial charge < -0.3 is 10.1 Å². The number of nitrogens with one attached hydrogen (secondary N) is 1. The quantitative estimate of drug-likeness (QED) is 0.552. The highest BCUT2D eigenvalue weighted by atomic mass is 16.3. The topological polar surface area (TPSA) is 48.9 Å². The second-order valence-electron chi connectivity index (χ2n) is 5.56. The van der Waals surface area contributed by atoms with Crippen molar-refractivity contribution in [2.75, 3.05) is 0 Å². The summed E-state index contributed by atoms with van der Waals surface area (Å²) in [6, 6.07) is 27.4. The van der Waals surface area contributed by atoms with Gasteiger partial charge in [0.05, 0.1) is 17.0 Å². The Balaban J connectivity index is 1.94. The summed E-state index contributed by atoms with van der Waals surface area (Å²) >= 11 is 0. The lowest BCUT2D eigenvalue weighted by Crippen LogP contribution is -1.82. The van der Waals surface area contributed by atoms with E-state index in [1.54, 1.807) is 12.1 Å². The molecule has 0 amide bonds. The van der Waals surface area contributed by atoms with Crippen molar-refractivity contribution in [2.24, 2.45) is 0 Å². The number of nitrogens with zero attached hydrogens (tertiary/aromatic N) is 1. The predicted octanol–water partition coefficient (Wildman–Crippen LogP) is 5.12. The van der Waals surface area contributed by atoms with Crippen LogP contribution in [0, 0.1) is 0 Å². The zero-order chi connectivity index (χ0) is 16.4. The zero-order valence-electron chi connectivity index (χ0n) is 13.0. The molecule has 1 aromatic heterocycles. The molecule has 4 rings (SSSR count). The lowest BCUT2D eigenvalue weighted by molar-refractivity contribution is 0.477. The second kappa shape index (κ2) is 6.05. The Labute approximate surface area is 140 Å². The summed E-state index contributed by atoms with van der Waals surface area (Å²) in [5.41, 5.74) is 4.61.